The Morgan fingerprint density at radius 1 is 1.45 bits per heavy atom. The average Bonchev–Trinajstić information content (AvgIpc) is 2.33. The van der Waals surface area contributed by atoms with Crippen LogP contribution in [0.5, 0.6) is 0 Å². The summed E-state index contributed by atoms with van der Waals surface area (Å²) in [6.45, 7) is 1.57. The van der Waals surface area contributed by atoms with Crippen LogP contribution in [0.4, 0.5) is 0 Å². The molecular weight excluding hydrogens is 146 g/mol. The lowest BCUT2D eigenvalue weighted by molar-refractivity contribution is -0.148. The van der Waals surface area contributed by atoms with Crippen LogP contribution >= 0.6 is 0 Å². The van der Waals surface area contributed by atoms with Crippen molar-refractivity contribution in [2.45, 2.75) is 19.8 Å². The van der Waals surface area contributed by atoms with E-state index in [1.54, 1.807) is 0 Å². The van der Waals surface area contributed by atoms with Gasteiger partial charge in [-0.05, 0) is 6.42 Å². The van der Waals surface area contributed by atoms with Gasteiger partial charge >= 0.3 is 0 Å². The smallest absolute Gasteiger partial charge is 0.289 e. The zero-order valence-electron chi connectivity index (χ0n) is 6.29. The highest BCUT2D eigenvalue weighted by Crippen LogP contribution is 2.09. The minimum Gasteiger partial charge on any atom is -0.289 e. The van der Waals surface area contributed by atoms with Gasteiger partial charge in [-0.3, -0.25) is 19.3 Å². The molecule has 1 rings (SSSR count). The van der Waals surface area contributed by atoms with Crippen LogP contribution in [0.2, 0.25) is 0 Å². The van der Waals surface area contributed by atoms with Gasteiger partial charge in [-0.15, -0.1) is 0 Å². The van der Waals surface area contributed by atoms with E-state index < -0.39 is 11.7 Å². The molecule has 4 heteroatoms. The average molecular weight is 155 g/mol. The maximum Gasteiger partial charge on any atom is 0.296 e. The lowest BCUT2D eigenvalue weighted by Crippen LogP contribution is -2.36. The highest BCUT2D eigenvalue weighted by atomic mass is 16.2. The van der Waals surface area contributed by atoms with Crippen molar-refractivity contribution in [3.05, 3.63) is 0 Å². The van der Waals surface area contributed by atoms with E-state index in [1.165, 1.54) is 6.92 Å². The third-order valence-electron chi connectivity index (χ3n) is 1.62. The van der Waals surface area contributed by atoms with E-state index in [0.29, 0.717) is 19.4 Å². The van der Waals surface area contributed by atoms with E-state index in [9.17, 15) is 14.4 Å². The molecule has 0 spiro atoms. The van der Waals surface area contributed by atoms with E-state index in [2.05, 4.69) is 0 Å². The quantitative estimate of drug-likeness (QED) is 0.489. The molecule has 0 atom stereocenters. The van der Waals surface area contributed by atoms with Gasteiger partial charge in [0.1, 0.15) is 0 Å². The maximum absolute atomic E-state index is 10.9. The zero-order chi connectivity index (χ0) is 8.43. The highest BCUT2D eigenvalue weighted by molar-refractivity contribution is 6.37. The van der Waals surface area contributed by atoms with Crippen LogP contribution in [0.25, 0.3) is 0 Å². The maximum atomic E-state index is 10.9. The molecule has 0 aromatic heterocycles. The number of amides is 2. The molecule has 60 valence electrons. The Hall–Kier alpha value is -1.19. The molecule has 1 fully saturated rings. The number of hydrogen-bond donors (Lipinski definition) is 0. The molecule has 1 aliphatic heterocycles. The van der Waals surface area contributed by atoms with Crippen molar-refractivity contribution in [1.82, 2.24) is 4.90 Å². The molecule has 0 saturated carbocycles. The van der Waals surface area contributed by atoms with Crippen LogP contribution in [0.1, 0.15) is 19.8 Å². The second-order valence-electron chi connectivity index (χ2n) is 2.51. The lowest BCUT2D eigenvalue weighted by Gasteiger charge is -2.09. The SMILES string of the molecule is CC(=O)C(=O)N1CCCC1=O. The molecule has 0 aliphatic carbocycles. The Morgan fingerprint density at radius 2 is 2.09 bits per heavy atom. The summed E-state index contributed by atoms with van der Waals surface area (Å²) in [6.07, 6.45) is 1.07. The first-order valence-corrected chi connectivity index (χ1v) is 3.48. The minimum atomic E-state index is -0.674. The van der Waals surface area contributed by atoms with E-state index >= 15 is 0 Å². The molecule has 1 saturated heterocycles. The van der Waals surface area contributed by atoms with Gasteiger partial charge in [0.25, 0.3) is 5.91 Å². The van der Waals surface area contributed by atoms with Crippen molar-refractivity contribution in [3.63, 3.8) is 0 Å². The van der Waals surface area contributed by atoms with Gasteiger partial charge in [-0.25, -0.2) is 0 Å². The second kappa shape index (κ2) is 2.82. The molecule has 11 heavy (non-hydrogen) atoms. The Balaban J connectivity index is 2.67. The third kappa shape index (κ3) is 1.45. The third-order valence-corrected chi connectivity index (χ3v) is 1.62. The fourth-order valence-electron chi connectivity index (χ4n) is 1.05. The van der Waals surface area contributed by atoms with Gasteiger partial charge < -0.3 is 0 Å². The number of imide groups is 1. The summed E-state index contributed by atoms with van der Waals surface area (Å²) in [6, 6.07) is 0. The molecule has 1 aliphatic rings. The summed E-state index contributed by atoms with van der Waals surface area (Å²) >= 11 is 0. The van der Waals surface area contributed by atoms with Gasteiger partial charge in [0, 0.05) is 19.9 Å². The topological polar surface area (TPSA) is 54.5 Å². The Morgan fingerprint density at radius 3 is 2.45 bits per heavy atom. The second-order valence-corrected chi connectivity index (χ2v) is 2.51. The Labute approximate surface area is 64.2 Å². The van der Waals surface area contributed by atoms with Crippen LogP contribution < -0.4 is 0 Å². The summed E-state index contributed by atoms with van der Waals surface area (Å²) in [5, 5.41) is 0. The molecular formula is C7H9NO3. The fourth-order valence-corrected chi connectivity index (χ4v) is 1.05. The van der Waals surface area contributed by atoms with Crippen LogP contribution in [0.15, 0.2) is 0 Å². The minimum absolute atomic E-state index is 0.231. The fraction of sp³-hybridized carbons (Fsp3) is 0.571. The van der Waals surface area contributed by atoms with E-state index in [1.807, 2.05) is 0 Å². The molecule has 1 heterocycles. The number of nitrogens with zero attached hydrogens (tertiary/aromatic N) is 1. The molecule has 0 unspecified atom stereocenters. The molecule has 0 aromatic rings. The van der Waals surface area contributed by atoms with Gasteiger partial charge in [0.05, 0.1) is 0 Å². The van der Waals surface area contributed by atoms with Crippen LogP contribution in [-0.2, 0) is 14.4 Å². The first kappa shape index (κ1) is 7.91. The molecule has 0 bridgehead atoms. The van der Waals surface area contributed by atoms with Crippen molar-refractivity contribution in [3.8, 4) is 0 Å². The van der Waals surface area contributed by atoms with E-state index in [-0.39, 0.29) is 5.91 Å². The van der Waals surface area contributed by atoms with E-state index in [0.717, 1.165) is 4.90 Å². The Bertz CT molecular complexity index is 222. The molecule has 0 N–H and O–H groups in total. The van der Waals surface area contributed by atoms with Crippen LogP contribution in [0, 0.1) is 0 Å². The summed E-state index contributed by atoms with van der Waals surface area (Å²) < 4.78 is 0. The molecule has 0 aromatic carbocycles. The van der Waals surface area contributed by atoms with Crippen LogP contribution in [0.3, 0.4) is 0 Å². The molecule has 0 radical (unpaired) electrons. The number of likely N-dealkylation sites (tertiary alicyclic amines) is 1. The summed E-state index contributed by atoms with van der Waals surface area (Å²) in [7, 11) is 0. The number of hydrogen-bond acceptors (Lipinski definition) is 3. The van der Waals surface area contributed by atoms with Crippen molar-refractivity contribution >= 4 is 17.6 Å². The van der Waals surface area contributed by atoms with Crippen LogP contribution in [-0.4, -0.2) is 29.0 Å². The number of rotatable bonds is 1. The number of Topliss-reactive ketones (excluding diaryl/α,β-unsaturated/α-hetero) is 1. The summed E-state index contributed by atoms with van der Waals surface area (Å²) in [5.41, 5.74) is 0. The van der Waals surface area contributed by atoms with Gasteiger partial charge in [-0.2, -0.15) is 0 Å². The monoisotopic (exact) mass is 155 g/mol. The number of ketones is 1. The Kier molecular flexibility index (Phi) is 2.03. The standard InChI is InChI=1S/C7H9NO3/c1-5(9)7(11)8-4-2-3-6(8)10/h2-4H2,1H3. The van der Waals surface area contributed by atoms with E-state index in [4.69, 9.17) is 0 Å². The summed E-state index contributed by atoms with van der Waals surface area (Å²) in [5.74, 6) is -1.47. The van der Waals surface area contributed by atoms with Crippen molar-refractivity contribution < 1.29 is 14.4 Å². The van der Waals surface area contributed by atoms with Gasteiger partial charge in [0.15, 0.2) is 0 Å². The largest absolute Gasteiger partial charge is 0.296 e. The van der Waals surface area contributed by atoms with Crippen molar-refractivity contribution in [2.75, 3.05) is 6.54 Å². The molecule has 4 nitrogen and oxygen atoms in total. The normalized spacial score (nSPS) is 17.2. The number of carbonyl (C=O) groups excluding carboxylic acids is 3. The summed E-state index contributed by atoms with van der Waals surface area (Å²) in [4.78, 5) is 33.3. The first-order valence-electron chi connectivity index (χ1n) is 3.48. The first-order chi connectivity index (χ1) is 5.13. The van der Waals surface area contributed by atoms with Gasteiger partial charge in [0.2, 0.25) is 11.7 Å². The predicted octanol–water partition coefficient (Wildman–Crippen LogP) is -0.276. The highest BCUT2D eigenvalue weighted by Gasteiger charge is 2.28. The molecule has 2 amide bonds. The zero-order valence-corrected chi connectivity index (χ0v) is 6.29. The predicted molar refractivity (Wildman–Crippen MR) is 36.6 cm³/mol. The van der Waals surface area contributed by atoms with Crippen molar-refractivity contribution in [2.24, 2.45) is 0 Å². The number of carbonyl (C=O) groups is 3. The van der Waals surface area contributed by atoms with Gasteiger partial charge in [-0.1, -0.05) is 0 Å². The van der Waals surface area contributed by atoms with Crippen molar-refractivity contribution in [1.29, 1.82) is 0 Å². The lowest BCUT2D eigenvalue weighted by atomic mass is 10.4.